The van der Waals surface area contributed by atoms with Crippen molar-refractivity contribution in [2.75, 3.05) is 6.54 Å². The molecular formula is C31H23Br2ClN2O6. The number of nitrogens with zero attached hydrogens (tertiary/aromatic N) is 2. The van der Waals surface area contributed by atoms with E-state index in [9.17, 15) is 24.0 Å². The van der Waals surface area contributed by atoms with Gasteiger partial charge in [-0.2, -0.15) is 5.01 Å². The first kappa shape index (κ1) is 28.8. The molecule has 0 unspecified atom stereocenters. The third-order valence-electron chi connectivity index (χ3n) is 8.22. The summed E-state index contributed by atoms with van der Waals surface area (Å²) < 4.78 is 5.39. The Bertz CT molecular complexity index is 1550. The Kier molecular flexibility index (Phi) is 7.80. The number of fused-ring (bicyclic) bond motifs is 5. The molecule has 3 aliphatic rings. The monoisotopic (exact) mass is 712 g/mol. The van der Waals surface area contributed by atoms with Crippen molar-refractivity contribution in [3.8, 4) is 5.75 Å². The molecule has 2 bridgehead atoms. The van der Waals surface area contributed by atoms with Crippen LogP contribution in [0.15, 0.2) is 78.9 Å². The predicted octanol–water partition coefficient (Wildman–Crippen LogP) is 5.58. The minimum atomic E-state index is -0.673. The largest absolute Gasteiger partial charge is 0.423 e. The third kappa shape index (κ3) is 4.99. The lowest BCUT2D eigenvalue weighted by Gasteiger charge is -2.31. The highest BCUT2D eigenvalue weighted by Crippen LogP contribution is 2.60. The van der Waals surface area contributed by atoms with E-state index in [1.165, 1.54) is 48.5 Å². The summed E-state index contributed by atoms with van der Waals surface area (Å²) >= 11 is 13.3. The molecule has 0 N–H and O–H groups in total. The molecule has 1 aliphatic heterocycles. The number of rotatable bonds is 7. The number of esters is 1. The highest BCUT2D eigenvalue weighted by Gasteiger charge is 2.67. The summed E-state index contributed by atoms with van der Waals surface area (Å²) in [5.74, 6) is -3.67. The molecule has 1 saturated heterocycles. The number of hydrazine groups is 1. The molecule has 6 atom stereocenters. The Morgan fingerprint density at radius 1 is 0.786 bits per heavy atom. The standard InChI is InChI=1S/C31H23Br2ClN2O6/c32-26-21-14-22(27(26)33)25-24(21)29(39)36(30(25)40)35(28(38)17-6-10-19(34)11-7-17)15-23(37)16-8-12-20(13-9-16)42-31(41)18-4-2-1-3-5-18/h1-13,21-22,24-27H,14-15H2/t21-,22-,24-,25+,26-,27+/m1/s1. The molecule has 0 aromatic heterocycles. The minimum Gasteiger partial charge on any atom is -0.423 e. The lowest BCUT2D eigenvalue weighted by atomic mass is 9.81. The highest BCUT2D eigenvalue weighted by molar-refractivity contribution is 9.12. The van der Waals surface area contributed by atoms with E-state index >= 15 is 0 Å². The maximum absolute atomic E-state index is 13.7. The molecule has 6 rings (SSSR count). The van der Waals surface area contributed by atoms with Crippen molar-refractivity contribution < 1.29 is 28.7 Å². The maximum Gasteiger partial charge on any atom is 0.343 e. The quantitative estimate of drug-likeness (QED) is 0.104. The number of benzene rings is 3. The number of hydrogen-bond donors (Lipinski definition) is 0. The zero-order chi connectivity index (χ0) is 29.7. The van der Waals surface area contributed by atoms with Crippen molar-refractivity contribution in [1.82, 2.24) is 10.0 Å². The Labute approximate surface area is 263 Å². The number of carbonyl (C=O) groups excluding carboxylic acids is 5. The second kappa shape index (κ2) is 11.4. The van der Waals surface area contributed by atoms with Crippen LogP contribution in [0.5, 0.6) is 5.75 Å². The molecule has 214 valence electrons. The van der Waals surface area contributed by atoms with Crippen LogP contribution in [0.2, 0.25) is 5.02 Å². The molecular weight excluding hydrogens is 692 g/mol. The molecule has 0 radical (unpaired) electrons. The average Bonchev–Trinajstić information content (AvgIpc) is 3.61. The van der Waals surface area contributed by atoms with E-state index < -0.39 is 47.9 Å². The fourth-order valence-electron chi connectivity index (χ4n) is 6.22. The van der Waals surface area contributed by atoms with Gasteiger partial charge >= 0.3 is 5.97 Å². The van der Waals surface area contributed by atoms with Gasteiger partial charge in [0, 0.05) is 25.8 Å². The van der Waals surface area contributed by atoms with Crippen LogP contribution in [0.4, 0.5) is 0 Å². The zero-order valence-corrected chi connectivity index (χ0v) is 25.8. The molecule has 3 fully saturated rings. The first-order valence-electron chi connectivity index (χ1n) is 13.3. The van der Waals surface area contributed by atoms with E-state index in [4.69, 9.17) is 16.3 Å². The summed E-state index contributed by atoms with van der Waals surface area (Å²) in [6.45, 7) is -0.549. The number of Topliss-reactive ketones (excluding diaryl/α,β-unsaturated/α-hetero) is 1. The van der Waals surface area contributed by atoms with Crippen LogP contribution < -0.4 is 4.74 Å². The number of ketones is 1. The van der Waals surface area contributed by atoms with Crippen LogP contribution in [-0.4, -0.2) is 55.7 Å². The number of halogens is 3. The van der Waals surface area contributed by atoms with Crippen molar-refractivity contribution in [1.29, 1.82) is 0 Å². The van der Waals surface area contributed by atoms with Gasteiger partial charge in [-0.05, 0) is 78.9 Å². The number of imide groups is 1. The van der Waals surface area contributed by atoms with Crippen molar-refractivity contribution in [3.05, 3.63) is 101 Å². The fraction of sp³-hybridized carbons (Fsp3) is 0.258. The number of carbonyl (C=O) groups is 5. The van der Waals surface area contributed by atoms with Crippen molar-refractivity contribution in [2.45, 2.75) is 16.1 Å². The van der Waals surface area contributed by atoms with E-state index in [-0.39, 0.29) is 38.4 Å². The van der Waals surface area contributed by atoms with E-state index in [0.717, 1.165) is 16.4 Å². The minimum absolute atomic E-state index is 0.0250. The van der Waals surface area contributed by atoms with Gasteiger partial charge in [0.1, 0.15) is 12.3 Å². The highest BCUT2D eigenvalue weighted by atomic mass is 79.9. The average molecular weight is 715 g/mol. The molecule has 2 saturated carbocycles. The normalized spacial score (nSPS) is 25.8. The van der Waals surface area contributed by atoms with Crippen LogP contribution in [0, 0.1) is 23.7 Å². The summed E-state index contributed by atoms with van der Waals surface area (Å²) in [6, 6.07) is 20.4. The number of hydrogen-bond acceptors (Lipinski definition) is 6. The summed E-state index contributed by atoms with van der Waals surface area (Å²) in [5, 5.41) is 2.24. The van der Waals surface area contributed by atoms with Gasteiger partial charge in [0.25, 0.3) is 17.7 Å². The Morgan fingerprint density at radius 3 is 1.90 bits per heavy atom. The second-order valence-electron chi connectivity index (χ2n) is 10.6. The lowest BCUT2D eigenvalue weighted by molar-refractivity contribution is -0.154. The fourth-order valence-corrected chi connectivity index (χ4v) is 8.22. The topological polar surface area (TPSA) is 101 Å². The molecule has 8 nitrogen and oxygen atoms in total. The van der Waals surface area contributed by atoms with Gasteiger partial charge < -0.3 is 4.74 Å². The van der Waals surface area contributed by atoms with E-state index in [1.807, 2.05) is 0 Å². The van der Waals surface area contributed by atoms with E-state index in [2.05, 4.69) is 31.9 Å². The lowest BCUT2D eigenvalue weighted by Crippen LogP contribution is -2.52. The molecule has 11 heteroatoms. The first-order chi connectivity index (χ1) is 20.2. The molecule has 3 amide bonds. The van der Waals surface area contributed by atoms with Crippen LogP contribution in [-0.2, 0) is 9.59 Å². The van der Waals surface area contributed by atoms with Crippen LogP contribution in [0.3, 0.4) is 0 Å². The summed E-state index contributed by atoms with van der Waals surface area (Å²) in [5.41, 5.74) is 0.765. The second-order valence-corrected chi connectivity index (χ2v) is 13.1. The zero-order valence-electron chi connectivity index (χ0n) is 21.9. The summed E-state index contributed by atoms with van der Waals surface area (Å²) in [7, 11) is 0. The third-order valence-corrected chi connectivity index (χ3v) is 11.7. The van der Waals surface area contributed by atoms with Crippen LogP contribution in [0.25, 0.3) is 0 Å². The number of alkyl halides is 2. The Balaban J connectivity index is 1.25. The molecule has 2 aliphatic carbocycles. The van der Waals surface area contributed by atoms with Crippen molar-refractivity contribution in [3.63, 3.8) is 0 Å². The molecule has 3 aromatic carbocycles. The number of ether oxygens (including phenoxy) is 1. The smallest absolute Gasteiger partial charge is 0.343 e. The molecule has 0 spiro atoms. The van der Waals surface area contributed by atoms with Gasteiger partial charge in [-0.15, -0.1) is 0 Å². The summed E-state index contributed by atoms with van der Waals surface area (Å²) in [4.78, 5) is 67.1. The number of amides is 3. The van der Waals surface area contributed by atoms with Crippen molar-refractivity contribution >= 4 is 72.9 Å². The van der Waals surface area contributed by atoms with Gasteiger partial charge in [0.05, 0.1) is 17.4 Å². The van der Waals surface area contributed by atoms with Crippen LogP contribution >= 0.6 is 43.5 Å². The first-order valence-corrected chi connectivity index (χ1v) is 15.5. The predicted molar refractivity (Wildman–Crippen MR) is 161 cm³/mol. The van der Waals surface area contributed by atoms with E-state index in [0.29, 0.717) is 10.6 Å². The molecule has 3 aromatic rings. The van der Waals surface area contributed by atoms with Gasteiger partial charge in [-0.1, -0.05) is 61.7 Å². The van der Waals surface area contributed by atoms with Gasteiger partial charge in [0.15, 0.2) is 5.78 Å². The SMILES string of the molecule is O=C(CN(C(=O)c1ccc(Cl)cc1)N1C(=O)[C@@H]2[C@H]3C[C@@H]([C@H](Br)[C@@H]3Br)[C@@H]2C1=O)c1ccc(OC(=O)c2ccccc2)cc1. The summed E-state index contributed by atoms with van der Waals surface area (Å²) in [6.07, 6.45) is 0.734. The molecule has 1 heterocycles. The Hall–Kier alpha value is -3.34. The van der Waals surface area contributed by atoms with Gasteiger partial charge in [-0.3, -0.25) is 19.2 Å². The molecule has 42 heavy (non-hydrogen) atoms. The Morgan fingerprint density at radius 2 is 1.33 bits per heavy atom. The van der Waals surface area contributed by atoms with Crippen LogP contribution in [0.1, 0.15) is 37.5 Å². The van der Waals surface area contributed by atoms with Gasteiger partial charge in [-0.25, -0.2) is 9.80 Å². The van der Waals surface area contributed by atoms with Gasteiger partial charge in [0.2, 0.25) is 0 Å². The van der Waals surface area contributed by atoms with E-state index in [1.54, 1.807) is 30.3 Å². The maximum atomic E-state index is 13.7. The van der Waals surface area contributed by atoms with Crippen molar-refractivity contribution in [2.24, 2.45) is 23.7 Å².